The lowest BCUT2D eigenvalue weighted by Crippen LogP contribution is -2.06. The van der Waals surface area contributed by atoms with Crippen LogP contribution in [0, 0.1) is 0 Å². The van der Waals surface area contributed by atoms with Crippen LogP contribution in [0.5, 0.6) is 0 Å². The van der Waals surface area contributed by atoms with E-state index in [-0.39, 0.29) is 6.61 Å². The van der Waals surface area contributed by atoms with Gasteiger partial charge in [-0.25, -0.2) is 0 Å². The molecule has 0 aromatic rings. The quantitative estimate of drug-likeness (QED) is 0.590. The third kappa shape index (κ3) is 4.53. The molecule has 0 spiro atoms. The van der Waals surface area contributed by atoms with Gasteiger partial charge in [-0.3, -0.25) is 0 Å². The first-order chi connectivity index (χ1) is 4.85. The lowest BCUT2D eigenvalue weighted by atomic mass is 10.2. The van der Waals surface area contributed by atoms with Crippen LogP contribution in [0.15, 0.2) is 12.2 Å². The molecule has 0 saturated heterocycles. The summed E-state index contributed by atoms with van der Waals surface area (Å²) < 4.78 is 5.11. The highest BCUT2D eigenvalue weighted by Gasteiger charge is 1.98. The van der Waals surface area contributed by atoms with Gasteiger partial charge in [-0.2, -0.15) is 0 Å². The van der Waals surface area contributed by atoms with E-state index in [0.29, 0.717) is 6.10 Å². The molecule has 60 valence electrons. The predicted molar refractivity (Wildman–Crippen MR) is 41.9 cm³/mol. The van der Waals surface area contributed by atoms with Crippen LogP contribution in [0.2, 0.25) is 0 Å². The Hall–Kier alpha value is -0.340. The van der Waals surface area contributed by atoms with Crippen LogP contribution in [-0.2, 0) is 4.74 Å². The van der Waals surface area contributed by atoms with Gasteiger partial charge in [0.25, 0.3) is 0 Å². The molecule has 10 heavy (non-hydrogen) atoms. The molecule has 1 atom stereocenters. The molecule has 0 aromatic heterocycles. The summed E-state index contributed by atoms with van der Waals surface area (Å²) in [6.45, 7) is 2.21. The zero-order valence-corrected chi connectivity index (χ0v) is 6.71. The summed E-state index contributed by atoms with van der Waals surface area (Å²) in [5.74, 6) is 0. The molecule has 0 radical (unpaired) electrons. The maximum absolute atomic E-state index is 8.40. The van der Waals surface area contributed by atoms with Crippen molar-refractivity contribution in [2.75, 3.05) is 13.7 Å². The summed E-state index contributed by atoms with van der Waals surface area (Å²) in [5, 5.41) is 8.40. The standard InChI is InChI=1S/C8H16O2/c1-3-8(10-2)6-4-5-7-9/h4-5,8-9H,3,6-7H2,1-2H3/b5-4+. The lowest BCUT2D eigenvalue weighted by Gasteiger charge is -2.08. The van der Waals surface area contributed by atoms with Gasteiger partial charge >= 0.3 is 0 Å². The maximum Gasteiger partial charge on any atom is 0.0612 e. The van der Waals surface area contributed by atoms with E-state index < -0.39 is 0 Å². The summed E-state index contributed by atoms with van der Waals surface area (Å²) in [5.41, 5.74) is 0. The molecule has 0 bridgehead atoms. The van der Waals surface area contributed by atoms with Crippen molar-refractivity contribution in [1.82, 2.24) is 0 Å². The fourth-order valence-corrected chi connectivity index (χ4v) is 0.752. The van der Waals surface area contributed by atoms with Crippen molar-refractivity contribution in [3.8, 4) is 0 Å². The number of methoxy groups -OCH3 is 1. The second-order valence-electron chi connectivity index (χ2n) is 2.16. The molecule has 1 N–H and O–H groups in total. The highest BCUT2D eigenvalue weighted by Crippen LogP contribution is 2.01. The topological polar surface area (TPSA) is 29.5 Å². The first-order valence-corrected chi connectivity index (χ1v) is 3.63. The summed E-state index contributed by atoms with van der Waals surface area (Å²) in [4.78, 5) is 0. The van der Waals surface area contributed by atoms with Crippen molar-refractivity contribution in [3.63, 3.8) is 0 Å². The minimum atomic E-state index is 0.125. The molecule has 0 aliphatic carbocycles. The highest BCUT2D eigenvalue weighted by molar-refractivity contribution is 4.83. The van der Waals surface area contributed by atoms with Gasteiger partial charge in [0.15, 0.2) is 0 Å². The normalized spacial score (nSPS) is 14.3. The molecule has 2 heteroatoms. The van der Waals surface area contributed by atoms with E-state index >= 15 is 0 Å². The number of rotatable bonds is 5. The summed E-state index contributed by atoms with van der Waals surface area (Å²) in [6.07, 6.45) is 5.90. The van der Waals surface area contributed by atoms with E-state index in [1.807, 2.05) is 6.08 Å². The number of ether oxygens (including phenoxy) is 1. The molecule has 0 fully saturated rings. The SMILES string of the molecule is CCC(C/C=C/CO)OC. The van der Waals surface area contributed by atoms with E-state index in [1.165, 1.54) is 0 Å². The van der Waals surface area contributed by atoms with Crippen LogP contribution in [0.3, 0.4) is 0 Å². The molecule has 0 amide bonds. The van der Waals surface area contributed by atoms with Crippen molar-refractivity contribution in [1.29, 1.82) is 0 Å². The van der Waals surface area contributed by atoms with Crippen LogP contribution in [0.1, 0.15) is 19.8 Å². The Bertz CT molecular complexity index is 85.3. The van der Waals surface area contributed by atoms with Crippen molar-refractivity contribution in [3.05, 3.63) is 12.2 Å². The van der Waals surface area contributed by atoms with Crippen molar-refractivity contribution in [2.45, 2.75) is 25.9 Å². The van der Waals surface area contributed by atoms with Crippen LogP contribution < -0.4 is 0 Å². The number of hydrogen-bond acceptors (Lipinski definition) is 2. The van der Waals surface area contributed by atoms with E-state index in [2.05, 4.69) is 6.92 Å². The van der Waals surface area contributed by atoms with E-state index in [0.717, 1.165) is 12.8 Å². The number of aliphatic hydroxyl groups excluding tert-OH is 1. The number of hydrogen-bond donors (Lipinski definition) is 1. The second kappa shape index (κ2) is 6.78. The Morgan fingerprint density at radius 1 is 1.50 bits per heavy atom. The predicted octanol–water partition coefficient (Wildman–Crippen LogP) is 1.35. The second-order valence-corrected chi connectivity index (χ2v) is 2.16. The molecule has 0 saturated carbocycles. The molecule has 0 rings (SSSR count). The van der Waals surface area contributed by atoms with Crippen LogP contribution in [0.25, 0.3) is 0 Å². The van der Waals surface area contributed by atoms with Gasteiger partial charge in [-0.15, -0.1) is 0 Å². The van der Waals surface area contributed by atoms with Crippen LogP contribution in [0.4, 0.5) is 0 Å². The first-order valence-electron chi connectivity index (χ1n) is 3.63. The first kappa shape index (κ1) is 9.66. The molecule has 2 nitrogen and oxygen atoms in total. The fraction of sp³-hybridized carbons (Fsp3) is 0.750. The minimum Gasteiger partial charge on any atom is -0.392 e. The Kier molecular flexibility index (Phi) is 6.55. The van der Waals surface area contributed by atoms with Gasteiger partial charge in [-0.05, 0) is 12.8 Å². The largest absolute Gasteiger partial charge is 0.392 e. The molecule has 0 aliphatic rings. The average Bonchev–Trinajstić information content (AvgIpc) is 1.99. The molecule has 0 aromatic carbocycles. The molecule has 0 heterocycles. The Labute approximate surface area is 62.5 Å². The van der Waals surface area contributed by atoms with E-state index in [4.69, 9.17) is 9.84 Å². The van der Waals surface area contributed by atoms with Gasteiger partial charge in [0.05, 0.1) is 12.7 Å². The zero-order chi connectivity index (χ0) is 7.82. The van der Waals surface area contributed by atoms with Gasteiger partial charge in [0.2, 0.25) is 0 Å². The molecular formula is C8H16O2. The monoisotopic (exact) mass is 144 g/mol. The lowest BCUT2D eigenvalue weighted by molar-refractivity contribution is 0.102. The van der Waals surface area contributed by atoms with Crippen molar-refractivity contribution < 1.29 is 9.84 Å². The number of aliphatic hydroxyl groups is 1. The summed E-state index contributed by atoms with van der Waals surface area (Å²) in [7, 11) is 1.71. The van der Waals surface area contributed by atoms with Crippen LogP contribution >= 0.6 is 0 Å². The maximum atomic E-state index is 8.40. The molecule has 0 aliphatic heterocycles. The van der Waals surface area contributed by atoms with Gasteiger partial charge in [0, 0.05) is 7.11 Å². The molecule has 1 unspecified atom stereocenters. The van der Waals surface area contributed by atoms with Gasteiger partial charge in [0.1, 0.15) is 0 Å². The van der Waals surface area contributed by atoms with Crippen molar-refractivity contribution in [2.24, 2.45) is 0 Å². The minimum absolute atomic E-state index is 0.125. The Morgan fingerprint density at radius 3 is 2.60 bits per heavy atom. The summed E-state index contributed by atoms with van der Waals surface area (Å²) >= 11 is 0. The smallest absolute Gasteiger partial charge is 0.0612 e. The third-order valence-electron chi connectivity index (χ3n) is 1.46. The fourth-order valence-electron chi connectivity index (χ4n) is 0.752. The Balaban J connectivity index is 3.34. The average molecular weight is 144 g/mol. The van der Waals surface area contributed by atoms with Crippen LogP contribution in [-0.4, -0.2) is 24.9 Å². The van der Waals surface area contributed by atoms with Crippen molar-refractivity contribution >= 4 is 0 Å². The van der Waals surface area contributed by atoms with Gasteiger partial charge < -0.3 is 9.84 Å². The zero-order valence-electron chi connectivity index (χ0n) is 6.71. The Morgan fingerprint density at radius 2 is 2.20 bits per heavy atom. The highest BCUT2D eigenvalue weighted by atomic mass is 16.5. The third-order valence-corrected chi connectivity index (χ3v) is 1.46. The molecular weight excluding hydrogens is 128 g/mol. The summed E-state index contributed by atoms with van der Waals surface area (Å²) in [6, 6.07) is 0. The van der Waals surface area contributed by atoms with E-state index in [9.17, 15) is 0 Å². The van der Waals surface area contributed by atoms with Gasteiger partial charge in [-0.1, -0.05) is 19.1 Å². The van der Waals surface area contributed by atoms with E-state index in [1.54, 1.807) is 13.2 Å².